The summed E-state index contributed by atoms with van der Waals surface area (Å²) in [6.45, 7) is 3.32. The minimum atomic E-state index is -0.663. The van der Waals surface area contributed by atoms with Crippen LogP contribution in [0.2, 0.25) is 0 Å². The fourth-order valence-electron chi connectivity index (χ4n) is 2.23. The van der Waals surface area contributed by atoms with E-state index < -0.39 is 5.97 Å². The Morgan fingerprint density at radius 3 is 2.12 bits per heavy atom. The van der Waals surface area contributed by atoms with Gasteiger partial charge in [-0.3, -0.25) is 9.78 Å². The molecule has 138 valence electrons. The van der Waals surface area contributed by atoms with Gasteiger partial charge in [0.2, 0.25) is 0 Å². The van der Waals surface area contributed by atoms with E-state index in [1.54, 1.807) is 6.92 Å². The van der Waals surface area contributed by atoms with Crippen LogP contribution in [-0.4, -0.2) is 31.4 Å². The summed E-state index contributed by atoms with van der Waals surface area (Å²) in [5.74, 6) is -0.701. The van der Waals surface area contributed by atoms with Crippen LogP contribution < -0.4 is 0 Å². The minimum absolute atomic E-state index is 0.0379. The molecular formula is C18H31NO5. The average Bonchev–Trinajstić information content (AvgIpc) is 2.56. The molecule has 0 unspecified atom stereocenters. The summed E-state index contributed by atoms with van der Waals surface area (Å²) in [4.78, 5) is 14.0. The first-order chi connectivity index (χ1) is 11.5. The van der Waals surface area contributed by atoms with Crippen LogP contribution in [0, 0.1) is 6.92 Å². The third-order valence-corrected chi connectivity index (χ3v) is 3.75. The molecule has 0 aromatic carbocycles. The van der Waals surface area contributed by atoms with Gasteiger partial charge in [-0.1, -0.05) is 45.4 Å². The van der Waals surface area contributed by atoms with Crippen molar-refractivity contribution in [3.63, 3.8) is 0 Å². The van der Waals surface area contributed by atoms with E-state index in [2.05, 4.69) is 11.9 Å². The zero-order valence-electron chi connectivity index (χ0n) is 14.8. The van der Waals surface area contributed by atoms with Gasteiger partial charge < -0.3 is 20.4 Å². The number of carboxylic acids is 1. The Balaban J connectivity index is 0.000000441. The largest absolute Gasteiger partial charge is 0.506 e. The van der Waals surface area contributed by atoms with Crippen molar-refractivity contribution in [1.82, 2.24) is 4.98 Å². The second-order valence-electron chi connectivity index (χ2n) is 5.78. The van der Waals surface area contributed by atoms with Gasteiger partial charge in [-0.25, -0.2) is 0 Å². The zero-order valence-corrected chi connectivity index (χ0v) is 14.8. The predicted octanol–water partition coefficient (Wildman–Crippen LogP) is 3.29. The van der Waals surface area contributed by atoms with Crippen molar-refractivity contribution in [2.75, 3.05) is 0 Å². The number of rotatable bonds is 10. The molecular weight excluding hydrogens is 310 g/mol. The Kier molecular flexibility index (Phi) is 12.8. The monoisotopic (exact) mass is 341 g/mol. The lowest BCUT2D eigenvalue weighted by Gasteiger charge is -2.07. The standard InChI is InChI=1S/C10H20O2.C8H11NO3/c1-2-3-4-5-6-7-8-9-10(11)12;1-5-8(12)7(4-11)6(3-10)2-9-5/h2-9H2,1H3,(H,11,12);2,10-12H,3-4H2,1H3. The van der Waals surface area contributed by atoms with Gasteiger partial charge in [0.1, 0.15) is 5.75 Å². The van der Waals surface area contributed by atoms with Gasteiger partial charge in [-0.15, -0.1) is 0 Å². The number of aliphatic hydroxyl groups is 2. The Bertz CT molecular complexity index is 477. The maximum Gasteiger partial charge on any atom is 0.303 e. The summed E-state index contributed by atoms with van der Waals surface area (Å²) in [5, 5.41) is 35.4. The number of aryl methyl sites for hydroxylation is 1. The van der Waals surface area contributed by atoms with E-state index in [9.17, 15) is 9.90 Å². The Labute approximate surface area is 144 Å². The molecule has 1 aromatic rings. The molecule has 0 bridgehead atoms. The van der Waals surface area contributed by atoms with E-state index in [-0.39, 0.29) is 19.0 Å². The average molecular weight is 341 g/mol. The van der Waals surface area contributed by atoms with Crippen LogP contribution in [0.4, 0.5) is 0 Å². The van der Waals surface area contributed by atoms with Crippen LogP contribution in [0.5, 0.6) is 5.75 Å². The third-order valence-electron chi connectivity index (χ3n) is 3.75. The third kappa shape index (κ3) is 9.47. The Morgan fingerprint density at radius 1 is 1.04 bits per heavy atom. The smallest absolute Gasteiger partial charge is 0.303 e. The van der Waals surface area contributed by atoms with Gasteiger partial charge in [-0.05, 0) is 13.3 Å². The molecule has 1 rings (SSSR count). The highest BCUT2D eigenvalue weighted by Gasteiger charge is 2.09. The van der Waals surface area contributed by atoms with E-state index >= 15 is 0 Å². The first-order valence-corrected chi connectivity index (χ1v) is 8.57. The molecule has 1 heterocycles. The van der Waals surface area contributed by atoms with E-state index in [1.165, 1.54) is 38.3 Å². The van der Waals surface area contributed by atoms with Gasteiger partial charge in [0.15, 0.2) is 0 Å². The number of carboxylic acid groups (broad SMARTS) is 1. The van der Waals surface area contributed by atoms with E-state index in [1.807, 2.05) is 0 Å². The normalized spacial score (nSPS) is 10.2. The lowest BCUT2D eigenvalue weighted by Crippen LogP contribution is -1.98. The number of carbonyl (C=O) groups is 1. The van der Waals surface area contributed by atoms with Crippen molar-refractivity contribution in [2.24, 2.45) is 0 Å². The topological polar surface area (TPSA) is 111 Å². The lowest BCUT2D eigenvalue weighted by molar-refractivity contribution is -0.137. The number of aromatic hydroxyl groups is 1. The van der Waals surface area contributed by atoms with Crippen molar-refractivity contribution in [2.45, 2.75) is 78.4 Å². The molecule has 0 atom stereocenters. The van der Waals surface area contributed by atoms with E-state index in [0.29, 0.717) is 23.2 Å². The molecule has 24 heavy (non-hydrogen) atoms. The molecule has 0 radical (unpaired) electrons. The second kappa shape index (κ2) is 13.7. The maximum absolute atomic E-state index is 10.1. The number of hydrogen-bond donors (Lipinski definition) is 4. The Morgan fingerprint density at radius 2 is 1.62 bits per heavy atom. The number of pyridine rings is 1. The summed E-state index contributed by atoms with van der Waals surface area (Å²) in [7, 11) is 0. The highest BCUT2D eigenvalue weighted by molar-refractivity contribution is 5.66. The van der Waals surface area contributed by atoms with Crippen LogP contribution in [0.15, 0.2) is 6.20 Å². The minimum Gasteiger partial charge on any atom is -0.506 e. The van der Waals surface area contributed by atoms with E-state index in [0.717, 1.165) is 12.8 Å². The number of aliphatic hydroxyl groups excluding tert-OH is 2. The van der Waals surface area contributed by atoms with Crippen molar-refractivity contribution < 1.29 is 25.2 Å². The van der Waals surface area contributed by atoms with Gasteiger partial charge in [0, 0.05) is 23.7 Å². The number of unbranched alkanes of at least 4 members (excludes halogenated alkanes) is 6. The summed E-state index contributed by atoms with van der Waals surface area (Å²) < 4.78 is 0. The number of nitrogens with zero attached hydrogens (tertiary/aromatic N) is 1. The molecule has 0 aliphatic carbocycles. The molecule has 0 saturated heterocycles. The second-order valence-corrected chi connectivity index (χ2v) is 5.78. The van der Waals surface area contributed by atoms with Crippen molar-refractivity contribution >= 4 is 5.97 Å². The molecule has 0 saturated carbocycles. The number of hydrogen-bond acceptors (Lipinski definition) is 5. The quantitative estimate of drug-likeness (QED) is 0.486. The van der Waals surface area contributed by atoms with Crippen molar-refractivity contribution in [3.05, 3.63) is 23.0 Å². The predicted molar refractivity (Wildman–Crippen MR) is 92.7 cm³/mol. The van der Waals surface area contributed by atoms with Gasteiger partial charge >= 0.3 is 5.97 Å². The summed E-state index contributed by atoms with van der Waals surface area (Å²) in [5.41, 5.74) is 1.27. The van der Waals surface area contributed by atoms with Crippen LogP contribution in [0.25, 0.3) is 0 Å². The molecule has 0 spiro atoms. The van der Waals surface area contributed by atoms with Crippen molar-refractivity contribution in [3.8, 4) is 5.75 Å². The van der Waals surface area contributed by atoms with Crippen LogP contribution in [-0.2, 0) is 18.0 Å². The Hall–Kier alpha value is -1.66. The van der Waals surface area contributed by atoms with Crippen molar-refractivity contribution in [1.29, 1.82) is 0 Å². The molecule has 0 amide bonds. The van der Waals surface area contributed by atoms with Crippen LogP contribution >= 0.6 is 0 Å². The molecule has 0 fully saturated rings. The fourth-order valence-corrected chi connectivity index (χ4v) is 2.23. The summed E-state index contributed by atoms with van der Waals surface area (Å²) >= 11 is 0. The van der Waals surface area contributed by atoms with Crippen LogP contribution in [0.1, 0.15) is 75.1 Å². The molecule has 0 aliphatic heterocycles. The van der Waals surface area contributed by atoms with E-state index in [4.69, 9.17) is 15.3 Å². The molecule has 6 nitrogen and oxygen atoms in total. The van der Waals surface area contributed by atoms with Gasteiger partial charge in [-0.2, -0.15) is 0 Å². The molecule has 4 N–H and O–H groups in total. The van der Waals surface area contributed by atoms with Gasteiger partial charge in [0.05, 0.1) is 18.9 Å². The highest BCUT2D eigenvalue weighted by Crippen LogP contribution is 2.23. The summed E-state index contributed by atoms with van der Waals surface area (Å²) in [6.07, 6.45) is 10.1. The first-order valence-electron chi connectivity index (χ1n) is 8.57. The fraction of sp³-hybridized carbons (Fsp3) is 0.667. The molecule has 0 aliphatic rings. The molecule has 1 aromatic heterocycles. The number of aliphatic carboxylic acids is 1. The first kappa shape index (κ1) is 22.3. The lowest BCUT2D eigenvalue weighted by atomic mass is 10.1. The maximum atomic E-state index is 10.1. The summed E-state index contributed by atoms with van der Waals surface area (Å²) in [6, 6.07) is 0. The highest BCUT2D eigenvalue weighted by atomic mass is 16.4. The van der Waals surface area contributed by atoms with Gasteiger partial charge in [0.25, 0.3) is 0 Å². The molecule has 6 heteroatoms. The number of aromatic nitrogens is 1. The van der Waals surface area contributed by atoms with Crippen LogP contribution in [0.3, 0.4) is 0 Å². The SMILES string of the molecule is CCCCCCCCCC(=O)O.Cc1ncc(CO)c(CO)c1O. The zero-order chi connectivity index (χ0) is 18.4.